The fourth-order valence-corrected chi connectivity index (χ4v) is 11.0. The van der Waals surface area contributed by atoms with E-state index in [0.29, 0.717) is 37.9 Å². The molecule has 92 heavy (non-hydrogen) atoms. The van der Waals surface area contributed by atoms with E-state index in [4.69, 9.17) is 16.2 Å². The van der Waals surface area contributed by atoms with Crippen LogP contribution in [0.4, 0.5) is 0 Å². The van der Waals surface area contributed by atoms with Crippen LogP contribution in [0.1, 0.15) is 71.3 Å². The average molecular weight is 1430 g/mol. The Morgan fingerprint density at radius 1 is 0.793 bits per heavy atom. The van der Waals surface area contributed by atoms with Gasteiger partial charge in [-0.2, -0.15) is 0 Å². The maximum Gasteiger partial charge on any atom is 0.248 e. The Kier molecular flexibility index (Phi) is 32.4. The second-order valence-corrected chi connectivity index (χ2v) is 24.3. The van der Waals surface area contributed by atoms with Crippen LogP contribution in [-0.4, -0.2) is 232 Å². The van der Waals surface area contributed by atoms with E-state index < -0.39 is 210 Å². The van der Waals surface area contributed by atoms with Gasteiger partial charge in [-0.15, -0.1) is 0 Å². The average Bonchev–Trinajstić information content (AvgIpc) is 1.63. The topological polar surface area (TPSA) is 556 Å². The highest BCUT2D eigenvalue weighted by atomic mass is 127. The molecule has 1 aromatic heterocycles. The van der Waals surface area contributed by atoms with Crippen molar-refractivity contribution in [2.75, 3.05) is 77.9 Å². The van der Waals surface area contributed by atoms with Gasteiger partial charge in [0.15, 0.2) is 6.04 Å². The summed E-state index contributed by atoms with van der Waals surface area (Å²) in [5.74, 6) is -13.0. The van der Waals surface area contributed by atoms with E-state index in [1.165, 1.54) is 35.6 Å². The summed E-state index contributed by atoms with van der Waals surface area (Å²) in [4.78, 5) is 185. The Hall–Kier alpha value is -7.82. The first-order valence-electron chi connectivity index (χ1n) is 29.6. The van der Waals surface area contributed by atoms with Crippen LogP contribution < -0.4 is 85.3 Å². The molecule has 11 atom stereocenters. The first-order valence-corrected chi connectivity index (χ1v) is 32.0. The zero-order chi connectivity index (χ0) is 68.2. The number of nitrogens with two attached hydrogens (primary N) is 2. The molecule has 1 aromatic carbocycles. The minimum Gasteiger partial charge on any atom is -0.610 e. The van der Waals surface area contributed by atoms with Crippen molar-refractivity contribution in [2.24, 2.45) is 23.3 Å². The van der Waals surface area contributed by atoms with Gasteiger partial charge in [-0.05, 0) is 37.3 Å². The van der Waals surface area contributed by atoms with Gasteiger partial charge in [0.05, 0.1) is 89.2 Å². The summed E-state index contributed by atoms with van der Waals surface area (Å²) < 4.78 is 20.3. The Bertz CT molecular complexity index is 2980. The van der Waals surface area contributed by atoms with Crippen molar-refractivity contribution in [3.63, 3.8) is 0 Å². The van der Waals surface area contributed by atoms with Gasteiger partial charge in [-0.25, -0.2) is 0 Å². The van der Waals surface area contributed by atoms with Crippen LogP contribution in [0.25, 0.3) is 10.9 Å². The summed E-state index contributed by atoms with van der Waals surface area (Å²) in [7, 11) is 0. The number of fused-ring (bicyclic) bond motifs is 3. The van der Waals surface area contributed by atoms with E-state index in [1.807, 2.05) is 0 Å². The second kappa shape index (κ2) is 38.9. The maximum atomic E-state index is 15.0. The molecule has 0 aliphatic carbocycles. The lowest BCUT2D eigenvalue weighted by Gasteiger charge is -2.30. The second-order valence-electron chi connectivity index (χ2n) is 21.8. The van der Waals surface area contributed by atoms with E-state index in [2.05, 4.69) is 74.1 Å². The van der Waals surface area contributed by atoms with Crippen LogP contribution in [0.5, 0.6) is 5.75 Å². The maximum absolute atomic E-state index is 15.0. The number of rotatable bonds is 31. The molecule has 21 N–H and O–H groups in total. The molecule has 2 aliphatic rings. The van der Waals surface area contributed by atoms with Crippen LogP contribution in [0.15, 0.2) is 23.2 Å². The number of amides is 13. The quantitative estimate of drug-likeness (QED) is 0.0144. The number of benzene rings is 1. The highest BCUT2D eigenvalue weighted by molar-refractivity contribution is 14.1. The summed E-state index contributed by atoms with van der Waals surface area (Å²) in [6.45, 7) is 0.769. The number of nitrogens with one attached hydrogen (secondary N) is 14. The molecule has 1 saturated heterocycles. The van der Waals surface area contributed by atoms with Crippen molar-refractivity contribution < 1.29 is 91.7 Å². The Balaban J connectivity index is 1.60. The molecule has 510 valence electrons. The normalized spacial score (nSPS) is 20.6. The fourth-order valence-electron chi connectivity index (χ4n) is 9.22. The summed E-state index contributed by atoms with van der Waals surface area (Å²) >= 11 is -1.10. The minimum atomic E-state index is -2.44. The third-order valence-corrected chi connectivity index (χ3v) is 16.9. The molecule has 1 fully saturated rings. The SMILES string of the molecule is CC[C@H](C)[C@@H]1NC(=O)CNC(=O)[C@H](NC(=O)[C@@H](NC(=O)[C@@H]2C[C@@H](O)CN2)[C@@H](C)[C@@H](O)CO)Cc2c([nH]c3cc(OCCCCCCNC(=O)CNC(=O)CNC(=O)CNC(=O)CNC(=O)CN)ccc23)[S+]([O-])C[C@@H](C(=O)N[C@@H](CC(N)=O)C(=O)I)NC(=O)CNC1=O. The zero-order valence-electron chi connectivity index (χ0n) is 51.0. The molecule has 13 amide bonds. The van der Waals surface area contributed by atoms with Crippen molar-refractivity contribution in [3.05, 3.63) is 23.8 Å². The molecule has 0 radical (unpaired) electrons. The van der Waals surface area contributed by atoms with Gasteiger partial charge in [-0.3, -0.25) is 67.1 Å². The molecular formula is C55H83IN16O19S. The predicted molar refractivity (Wildman–Crippen MR) is 334 cm³/mol. The van der Waals surface area contributed by atoms with Crippen LogP contribution in [0, 0.1) is 11.8 Å². The summed E-state index contributed by atoms with van der Waals surface area (Å²) in [5, 5.41) is 62.9. The number of hydrogen-bond acceptors (Lipinski definition) is 21. The number of aromatic amines is 1. The number of hydrogen-bond donors (Lipinski definition) is 19. The van der Waals surface area contributed by atoms with Gasteiger partial charge >= 0.3 is 0 Å². The number of aliphatic hydroxyl groups is 3. The molecule has 4 rings (SSSR count). The Labute approximate surface area is 544 Å². The molecule has 2 aromatic rings. The fraction of sp³-hybridized carbons (Fsp3) is 0.600. The Morgan fingerprint density at radius 2 is 1.38 bits per heavy atom. The predicted octanol–water partition coefficient (Wildman–Crippen LogP) is -8.44. The molecule has 1 unspecified atom stereocenters. The molecule has 35 nitrogen and oxygen atoms in total. The van der Waals surface area contributed by atoms with Crippen molar-refractivity contribution in [3.8, 4) is 5.75 Å². The largest absolute Gasteiger partial charge is 0.610 e. The van der Waals surface area contributed by atoms with E-state index in [-0.39, 0.29) is 60.7 Å². The number of ether oxygens (including phenoxy) is 1. The van der Waals surface area contributed by atoms with Gasteiger partial charge < -0.3 is 110 Å². The Morgan fingerprint density at radius 3 is 1.96 bits per heavy atom. The smallest absolute Gasteiger partial charge is 0.248 e. The van der Waals surface area contributed by atoms with Gasteiger partial charge in [-0.1, -0.05) is 40.0 Å². The number of carbonyl (C=O) groups is 14. The van der Waals surface area contributed by atoms with Gasteiger partial charge in [0.25, 0.3) is 0 Å². The molecule has 2 aliphatic heterocycles. The van der Waals surface area contributed by atoms with Crippen molar-refractivity contribution in [1.82, 2.24) is 74.1 Å². The van der Waals surface area contributed by atoms with E-state index in [0.717, 1.165) is 0 Å². The molecule has 0 bridgehead atoms. The number of H-pyrrole nitrogens is 1. The molecule has 3 heterocycles. The molecule has 0 saturated carbocycles. The number of carbonyl (C=O) groups excluding carboxylic acids is 14. The number of β-amino-alcohol motifs (C(OH)–C–C–N with tert-alkyl or cyclic N) is 1. The van der Waals surface area contributed by atoms with Crippen LogP contribution in [0.2, 0.25) is 0 Å². The van der Waals surface area contributed by atoms with E-state index >= 15 is 4.55 Å². The first-order chi connectivity index (χ1) is 43.6. The van der Waals surface area contributed by atoms with E-state index in [9.17, 15) is 82.4 Å². The number of aromatic nitrogens is 1. The standard InChI is InChI=1S/C55H83IN16O19S/c1-4-27(2)47-53(88)66-23-45(82)67-37(52(87)68-34(49(56)84)16-39(58)76)26-92(90)55-32(15-36(50(85)65-24-46(83)71-47)69-54(89)48(28(3)38(75)25-73)72-51(86)35-13-29(74)18-60-35)31-10-9-30(14-33(31)70-55)91-12-8-6-5-7-11-59-41(78)19-62-43(80)21-64-44(81)22-63-42(79)20-61-40(77)17-57/h9-10,14,27-29,34-38,47-48,60,70,73-75H,4-8,11-13,15-26,57H2,1-3H3,(H2,58,76)(H,59,78)(H,61,77)(H,62,80)(H,63,79)(H,64,81)(H,65,85)(H,66,88)(H,67,82)(H,68,87)(H,69,89)(H,71,83)(H,72,86)/t27-,28-,29+,34-,35-,36+,37-,38-,47-,48-,92?/m0/s1. The highest BCUT2D eigenvalue weighted by Gasteiger charge is 2.40. The number of unbranched alkanes of at least 4 members (excludes halogenated alkanes) is 3. The first kappa shape index (κ1) is 76.6. The van der Waals surface area contributed by atoms with Crippen LogP contribution in [-0.2, 0) is 84.7 Å². The van der Waals surface area contributed by atoms with Gasteiger partial charge in [0, 0.05) is 76.2 Å². The van der Waals surface area contributed by atoms with Gasteiger partial charge in [0.2, 0.25) is 85.6 Å². The zero-order valence-corrected chi connectivity index (χ0v) is 53.9. The monoisotopic (exact) mass is 1430 g/mol. The number of primary amides is 1. The highest BCUT2D eigenvalue weighted by Crippen LogP contribution is 2.31. The lowest BCUT2D eigenvalue weighted by Crippen LogP contribution is -2.60. The van der Waals surface area contributed by atoms with Crippen LogP contribution >= 0.6 is 22.6 Å². The van der Waals surface area contributed by atoms with Crippen molar-refractivity contribution in [1.29, 1.82) is 0 Å². The summed E-state index contributed by atoms with van der Waals surface area (Å²) in [5.41, 5.74) is 10.8. The van der Waals surface area contributed by atoms with Crippen molar-refractivity contribution in [2.45, 2.75) is 126 Å². The van der Waals surface area contributed by atoms with E-state index in [1.54, 1.807) is 26.0 Å². The summed E-state index contributed by atoms with van der Waals surface area (Å²) in [6, 6.07) is -4.34. The van der Waals surface area contributed by atoms with Crippen LogP contribution in [0.3, 0.4) is 0 Å². The molecular weight excluding hydrogens is 1350 g/mol. The number of halogens is 1. The number of aliphatic hydroxyl groups excluding tert-OH is 3. The molecule has 0 spiro atoms. The third-order valence-electron chi connectivity index (χ3n) is 14.7. The summed E-state index contributed by atoms with van der Waals surface area (Å²) in [6.07, 6.45) is -1.07. The minimum absolute atomic E-state index is 0.0348. The lowest BCUT2D eigenvalue weighted by molar-refractivity contribution is -0.135. The lowest BCUT2D eigenvalue weighted by atomic mass is 9.94. The van der Waals surface area contributed by atoms with Crippen molar-refractivity contribution >= 4 is 125 Å². The molecule has 37 heteroatoms. The third kappa shape index (κ3) is 25.7. The van der Waals surface area contributed by atoms with Gasteiger partial charge in [0.1, 0.15) is 35.7 Å².